The second-order valence-electron chi connectivity index (χ2n) is 4.70. The molecule has 0 aliphatic carbocycles. The summed E-state index contributed by atoms with van der Waals surface area (Å²) < 4.78 is 39.7. The molecule has 0 fully saturated rings. The number of anilines is 1. The highest BCUT2D eigenvalue weighted by Gasteiger charge is 2.35. The molecule has 0 aliphatic heterocycles. The van der Waals surface area contributed by atoms with Crippen molar-refractivity contribution in [3.63, 3.8) is 0 Å². The van der Waals surface area contributed by atoms with Crippen molar-refractivity contribution in [3.8, 4) is 0 Å². The lowest BCUT2D eigenvalue weighted by atomic mass is 10.2. The Hall–Kier alpha value is -2.36. The number of fused-ring (bicyclic) bond motifs is 1. The molecule has 0 aliphatic rings. The smallest absolute Gasteiger partial charge is 0.338 e. The molecule has 0 spiro atoms. The third kappa shape index (κ3) is 3.36. The molecular weight excluding hydrogens is 379 g/mol. The maximum Gasteiger partial charge on any atom is 0.451 e. The topological polar surface area (TPSA) is 75.6 Å². The van der Waals surface area contributed by atoms with Crippen molar-refractivity contribution in [2.75, 3.05) is 5.32 Å². The summed E-state index contributed by atoms with van der Waals surface area (Å²) in [6, 6.07) is 7.44. The molecule has 3 rings (SSSR count). The first-order valence-electron chi connectivity index (χ1n) is 6.37. The molecule has 2 aromatic heterocycles. The van der Waals surface area contributed by atoms with Gasteiger partial charge in [-0.15, -0.1) is 5.10 Å². The Morgan fingerprint density at radius 2 is 2.13 bits per heavy atom. The third-order valence-electron chi connectivity index (χ3n) is 3.06. The lowest BCUT2D eigenvalue weighted by Crippen LogP contribution is -2.19. The maximum absolute atomic E-state index is 12.4. The van der Waals surface area contributed by atoms with Crippen LogP contribution in [0.5, 0.6) is 0 Å². The van der Waals surface area contributed by atoms with Gasteiger partial charge in [0.05, 0.1) is 0 Å². The Balaban J connectivity index is 1.74. The van der Waals surface area contributed by atoms with Gasteiger partial charge in [0.15, 0.2) is 0 Å². The van der Waals surface area contributed by atoms with Gasteiger partial charge in [-0.3, -0.25) is 15.2 Å². The molecule has 0 unspecified atom stereocenters. The van der Waals surface area contributed by atoms with E-state index in [1.54, 1.807) is 15.9 Å². The highest BCUT2D eigenvalue weighted by atomic mass is 79.9. The van der Waals surface area contributed by atoms with Crippen LogP contribution in [-0.2, 0) is 17.5 Å². The zero-order valence-electron chi connectivity index (χ0n) is 11.4. The zero-order valence-corrected chi connectivity index (χ0v) is 12.9. The molecule has 1 amide bonds. The van der Waals surface area contributed by atoms with Crippen LogP contribution < -0.4 is 5.32 Å². The summed E-state index contributed by atoms with van der Waals surface area (Å²) in [5.74, 6) is -2.21. The van der Waals surface area contributed by atoms with E-state index < -0.39 is 23.9 Å². The van der Waals surface area contributed by atoms with Crippen molar-refractivity contribution in [1.82, 2.24) is 19.7 Å². The predicted octanol–water partition coefficient (Wildman–Crippen LogP) is 3.18. The van der Waals surface area contributed by atoms with E-state index in [0.717, 1.165) is 15.4 Å². The zero-order chi connectivity index (χ0) is 16.6. The molecule has 6 nitrogen and oxygen atoms in total. The molecular formula is C13H9BrF3N5O. The average Bonchev–Trinajstić information content (AvgIpc) is 3.06. The molecule has 0 bridgehead atoms. The Morgan fingerprint density at radius 3 is 2.83 bits per heavy atom. The molecule has 2 heterocycles. The van der Waals surface area contributed by atoms with Crippen LogP contribution in [0, 0.1) is 0 Å². The number of carbonyl (C=O) groups excluding carboxylic acids is 1. The van der Waals surface area contributed by atoms with Gasteiger partial charge >= 0.3 is 6.18 Å². The second kappa shape index (κ2) is 5.69. The number of halogens is 4. The molecule has 1 aromatic carbocycles. The molecule has 23 heavy (non-hydrogen) atoms. The predicted molar refractivity (Wildman–Crippen MR) is 79.7 cm³/mol. The van der Waals surface area contributed by atoms with Crippen molar-refractivity contribution < 1.29 is 18.0 Å². The van der Waals surface area contributed by atoms with Crippen molar-refractivity contribution in [2.24, 2.45) is 0 Å². The Bertz CT molecular complexity index is 870. The summed E-state index contributed by atoms with van der Waals surface area (Å²) in [6.07, 6.45) is -2.92. The van der Waals surface area contributed by atoms with Gasteiger partial charge in [0, 0.05) is 16.2 Å². The average molecular weight is 388 g/mol. The van der Waals surface area contributed by atoms with Crippen LogP contribution in [0.2, 0.25) is 0 Å². The number of carbonyl (C=O) groups is 1. The van der Waals surface area contributed by atoms with Crippen LogP contribution in [0.15, 0.2) is 34.9 Å². The fourth-order valence-corrected chi connectivity index (χ4v) is 2.41. The van der Waals surface area contributed by atoms with Gasteiger partial charge in [-0.05, 0) is 23.6 Å². The van der Waals surface area contributed by atoms with Crippen LogP contribution >= 0.6 is 15.9 Å². The Kier molecular flexibility index (Phi) is 3.84. The first kappa shape index (κ1) is 15.5. The minimum atomic E-state index is -4.64. The highest BCUT2D eigenvalue weighted by Crippen LogP contribution is 2.26. The fraction of sp³-hybridized carbons (Fsp3) is 0.154. The fourth-order valence-electron chi connectivity index (χ4n) is 2.06. The number of alkyl halides is 3. The van der Waals surface area contributed by atoms with Gasteiger partial charge in [-0.25, -0.2) is 0 Å². The number of H-pyrrole nitrogens is 1. The normalized spacial score (nSPS) is 11.8. The molecule has 0 atom stereocenters. The summed E-state index contributed by atoms with van der Waals surface area (Å²) in [6.45, 7) is -0.0736. The van der Waals surface area contributed by atoms with Gasteiger partial charge in [0.25, 0.3) is 0 Å². The first-order valence-corrected chi connectivity index (χ1v) is 7.16. The number of hydrogen-bond acceptors (Lipinski definition) is 3. The Labute approximate surface area is 135 Å². The van der Waals surface area contributed by atoms with Crippen molar-refractivity contribution in [1.29, 1.82) is 0 Å². The molecule has 120 valence electrons. The first-order chi connectivity index (χ1) is 10.8. The summed E-state index contributed by atoms with van der Waals surface area (Å²) >= 11 is 3.35. The molecule has 3 aromatic rings. The van der Waals surface area contributed by atoms with Crippen LogP contribution in [0.25, 0.3) is 10.9 Å². The van der Waals surface area contributed by atoms with E-state index in [0.29, 0.717) is 0 Å². The monoisotopic (exact) mass is 387 g/mol. The van der Waals surface area contributed by atoms with Crippen LogP contribution in [0.1, 0.15) is 5.82 Å². The quantitative estimate of drug-likeness (QED) is 0.724. The lowest BCUT2D eigenvalue weighted by Gasteiger charge is -2.05. The van der Waals surface area contributed by atoms with Gasteiger partial charge in [0.2, 0.25) is 17.7 Å². The SMILES string of the molecule is O=C(Cn1ccc2ccc(Br)cc21)Nc1n[nH]c(C(F)(F)F)n1. The summed E-state index contributed by atoms with van der Waals surface area (Å²) in [5, 5.41) is 8.23. The number of benzene rings is 1. The number of nitrogens with one attached hydrogen (secondary N) is 2. The lowest BCUT2D eigenvalue weighted by molar-refractivity contribution is -0.144. The third-order valence-corrected chi connectivity index (χ3v) is 3.55. The van der Waals surface area contributed by atoms with Crippen LogP contribution in [0.3, 0.4) is 0 Å². The minimum absolute atomic E-state index is 0.0736. The van der Waals surface area contributed by atoms with E-state index in [9.17, 15) is 18.0 Å². The summed E-state index contributed by atoms with van der Waals surface area (Å²) in [5.41, 5.74) is 0.820. The van der Waals surface area contributed by atoms with Gasteiger partial charge in [-0.2, -0.15) is 18.2 Å². The van der Waals surface area contributed by atoms with E-state index >= 15 is 0 Å². The number of nitrogens with zero attached hydrogens (tertiary/aromatic N) is 3. The number of rotatable bonds is 3. The van der Waals surface area contributed by atoms with E-state index in [4.69, 9.17) is 0 Å². The molecule has 10 heteroatoms. The van der Waals surface area contributed by atoms with E-state index in [-0.39, 0.29) is 6.54 Å². The number of hydrogen-bond donors (Lipinski definition) is 2. The maximum atomic E-state index is 12.4. The molecule has 2 N–H and O–H groups in total. The van der Waals surface area contributed by atoms with Crippen molar-refractivity contribution in [2.45, 2.75) is 12.7 Å². The highest BCUT2D eigenvalue weighted by molar-refractivity contribution is 9.10. The standard InChI is InChI=1S/C13H9BrF3N5O/c14-8-2-1-7-3-4-22(9(7)5-8)6-10(23)18-12-19-11(20-21-12)13(15,16)17/h1-5H,6H2,(H2,18,19,20,21,23). The molecule has 0 saturated heterocycles. The van der Waals surface area contributed by atoms with Gasteiger partial charge in [-0.1, -0.05) is 22.0 Å². The number of aromatic nitrogens is 4. The second-order valence-corrected chi connectivity index (χ2v) is 5.62. The summed E-state index contributed by atoms with van der Waals surface area (Å²) in [4.78, 5) is 15.1. The molecule has 0 radical (unpaired) electrons. The number of aromatic amines is 1. The van der Waals surface area contributed by atoms with Crippen molar-refractivity contribution in [3.05, 3.63) is 40.8 Å². The van der Waals surface area contributed by atoms with E-state index in [1.165, 1.54) is 0 Å². The van der Waals surface area contributed by atoms with Gasteiger partial charge in [0.1, 0.15) is 6.54 Å². The number of amides is 1. The molecule has 0 saturated carbocycles. The van der Waals surface area contributed by atoms with Crippen molar-refractivity contribution >= 4 is 38.7 Å². The van der Waals surface area contributed by atoms with E-state index in [2.05, 4.69) is 31.3 Å². The van der Waals surface area contributed by atoms with Gasteiger partial charge < -0.3 is 4.57 Å². The summed E-state index contributed by atoms with van der Waals surface area (Å²) in [7, 11) is 0. The van der Waals surface area contributed by atoms with Crippen LogP contribution in [0.4, 0.5) is 19.1 Å². The largest absolute Gasteiger partial charge is 0.451 e. The minimum Gasteiger partial charge on any atom is -0.338 e. The van der Waals surface area contributed by atoms with Crippen LogP contribution in [-0.4, -0.2) is 25.7 Å². The Morgan fingerprint density at radius 1 is 1.35 bits per heavy atom. The van der Waals surface area contributed by atoms with E-state index in [1.807, 2.05) is 24.3 Å².